The average Bonchev–Trinajstić information content (AvgIpc) is 2.40. The van der Waals surface area contributed by atoms with Gasteiger partial charge in [-0.25, -0.2) is 4.68 Å². The largest absolute Gasteiger partial charge is 0.387 e. The van der Waals surface area contributed by atoms with Crippen LogP contribution in [0.15, 0.2) is 15.5 Å². The van der Waals surface area contributed by atoms with Crippen molar-refractivity contribution in [1.29, 1.82) is 0 Å². The number of rotatable bonds is 5. The zero-order valence-corrected chi connectivity index (χ0v) is 13.4. The van der Waals surface area contributed by atoms with Gasteiger partial charge in [-0.2, -0.15) is 16.9 Å². The SMILES string of the molecule is CCSC1CCC1(O)CNc1cnn(C)c(=O)c1Br. The minimum absolute atomic E-state index is 0.190. The van der Waals surface area contributed by atoms with E-state index in [1.807, 2.05) is 0 Å². The molecule has 2 rings (SSSR count). The maximum absolute atomic E-state index is 11.7. The third-order valence-electron chi connectivity index (χ3n) is 3.47. The number of hydrogen-bond acceptors (Lipinski definition) is 5. The molecule has 1 aliphatic carbocycles. The van der Waals surface area contributed by atoms with E-state index in [0.29, 0.717) is 16.7 Å². The van der Waals surface area contributed by atoms with Crippen molar-refractivity contribution in [3.05, 3.63) is 21.0 Å². The summed E-state index contributed by atoms with van der Waals surface area (Å²) in [4.78, 5) is 11.7. The maximum Gasteiger partial charge on any atom is 0.282 e. The predicted molar refractivity (Wildman–Crippen MR) is 81.8 cm³/mol. The van der Waals surface area contributed by atoms with Gasteiger partial charge in [0.2, 0.25) is 0 Å². The Morgan fingerprint density at radius 1 is 1.74 bits per heavy atom. The van der Waals surface area contributed by atoms with Crippen LogP contribution < -0.4 is 10.9 Å². The second-order valence-corrected chi connectivity index (χ2v) is 7.01. The molecule has 0 amide bonds. The van der Waals surface area contributed by atoms with E-state index >= 15 is 0 Å². The summed E-state index contributed by atoms with van der Waals surface area (Å²) in [6, 6.07) is 0. The number of nitrogens with one attached hydrogen (secondary N) is 1. The minimum atomic E-state index is -0.679. The lowest BCUT2D eigenvalue weighted by molar-refractivity contribution is -0.0120. The van der Waals surface area contributed by atoms with Crippen molar-refractivity contribution >= 4 is 33.4 Å². The van der Waals surface area contributed by atoms with Crippen molar-refractivity contribution in [2.24, 2.45) is 7.05 Å². The number of hydrogen-bond donors (Lipinski definition) is 2. The van der Waals surface area contributed by atoms with Crippen LogP contribution >= 0.6 is 27.7 Å². The first-order chi connectivity index (χ1) is 8.98. The van der Waals surface area contributed by atoms with Gasteiger partial charge in [-0.3, -0.25) is 4.79 Å². The minimum Gasteiger partial charge on any atom is -0.387 e. The van der Waals surface area contributed by atoms with Gasteiger partial charge < -0.3 is 10.4 Å². The first-order valence-corrected chi connectivity index (χ1v) is 8.12. The topological polar surface area (TPSA) is 67.2 Å². The molecule has 1 fully saturated rings. The molecule has 1 heterocycles. The summed E-state index contributed by atoms with van der Waals surface area (Å²) in [5, 5.41) is 17.8. The van der Waals surface area contributed by atoms with Crippen molar-refractivity contribution in [1.82, 2.24) is 9.78 Å². The number of aliphatic hydroxyl groups is 1. The monoisotopic (exact) mass is 347 g/mol. The number of aromatic nitrogens is 2. The first kappa shape index (κ1) is 14.9. The average molecular weight is 348 g/mol. The summed E-state index contributed by atoms with van der Waals surface area (Å²) >= 11 is 5.05. The van der Waals surface area contributed by atoms with Gasteiger partial charge in [0.25, 0.3) is 5.56 Å². The lowest BCUT2D eigenvalue weighted by Crippen LogP contribution is -2.54. The molecule has 2 N–H and O–H groups in total. The first-order valence-electron chi connectivity index (χ1n) is 6.27. The third kappa shape index (κ3) is 2.98. The molecular weight excluding hydrogens is 330 g/mol. The van der Waals surface area contributed by atoms with Crippen LogP contribution in [0.1, 0.15) is 19.8 Å². The number of aryl methyl sites for hydroxylation is 1. The molecular formula is C12H18BrN3O2S. The lowest BCUT2D eigenvalue weighted by atomic mass is 9.79. The second-order valence-electron chi connectivity index (χ2n) is 4.74. The molecule has 1 saturated carbocycles. The summed E-state index contributed by atoms with van der Waals surface area (Å²) in [5.74, 6) is 1.00. The van der Waals surface area contributed by atoms with Crippen LogP contribution in [0.5, 0.6) is 0 Å². The molecule has 5 nitrogen and oxygen atoms in total. The Morgan fingerprint density at radius 2 is 2.47 bits per heavy atom. The normalized spacial score (nSPS) is 26.0. The van der Waals surface area contributed by atoms with Crippen LogP contribution in [-0.4, -0.2) is 38.0 Å². The summed E-state index contributed by atoms with van der Waals surface area (Å²) in [6.07, 6.45) is 3.44. The maximum atomic E-state index is 11.7. The quantitative estimate of drug-likeness (QED) is 0.846. The van der Waals surface area contributed by atoms with E-state index in [0.717, 1.165) is 18.6 Å². The molecule has 0 bridgehead atoms. The van der Waals surface area contributed by atoms with Gasteiger partial charge in [-0.15, -0.1) is 0 Å². The molecule has 1 aliphatic rings. The third-order valence-corrected chi connectivity index (χ3v) is 5.65. The zero-order valence-electron chi connectivity index (χ0n) is 11.0. The van der Waals surface area contributed by atoms with Crippen LogP contribution in [0.2, 0.25) is 0 Å². The number of nitrogens with zero attached hydrogens (tertiary/aromatic N) is 2. The summed E-state index contributed by atoms with van der Waals surface area (Å²) < 4.78 is 1.72. The summed E-state index contributed by atoms with van der Waals surface area (Å²) in [7, 11) is 1.60. The molecule has 7 heteroatoms. The van der Waals surface area contributed by atoms with Gasteiger partial charge in [0.1, 0.15) is 4.47 Å². The van der Waals surface area contributed by atoms with Gasteiger partial charge in [-0.05, 0) is 34.5 Å². The van der Waals surface area contributed by atoms with Crippen LogP contribution in [-0.2, 0) is 7.05 Å². The van der Waals surface area contributed by atoms with Crippen LogP contribution in [0.25, 0.3) is 0 Å². The molecule has 106 valence electrons. The summed E-state index contributed by atoms with van der Waals surface area (Å²) in [6.45, 7) is 2.54. The highest BCUT2D eigenvalue weighted by Gasteiger charge is 2.45. The molecule has 2 atom stereocenters. The smallest absolute Gasteiger partial charge is 0.282 e. The zero-order chi connectivity index (χ0) is 14.0. The summed E-state index contributed by atoms with van der Waals surface area (Å²) in [5.41, 5.74) is -0.241. The van der Waals surface area contributed by atoms with Crippen molar-refractivity contribution in [3.63, 3.8) is 0 Å². The Labute approximate surface area is 124 Å². The highest BCUT2D eigenvalue weighted by Crippen LogP contribution is 2.41. The van der Waals surface area contributed by atoms with Crippen molar-refractivity contribution in [2.45, 2.75) is 30.6 Å². The van der Waals surface area contributed by atoms with Gasteiger partial charge in [-0.1, -0.05) is 6.92 Å². The molecule has 0 aliphatic heterocycles. The van der Waals surface area contributed by atoms with E-state index in [-0.39, 0.29) is 10.8 Å². The Morgan fingerprint density at radius 3 is 3.05 bits per heavy atom. The molecule has 0 aromatic carbocycles. The van der Waals surface area contributed by atoms with E-state index in [4.69, 9.17) is 0 Å². The van der Waals surface area contributed by atoms with Crippen molar-refractivity contribution < 1.29 is 5.11 Å². The Kier molecular flexibility index (Phi) is 4.58. The molecule has 0 saturated heterocycles. The molecule has 1 aromatic heterocycles. The fraction of sp³-hybridized carbons (Fsp3) is 0.667. The molecule has 0 radical (unpaired) electrons. The standard InChI is InChI=1S/C12H18BrN3O2S/c1-3-19-9-4-5-12(9,18)7-14-8-6-15-16(2)11(17)10(8)13/h6,9,14,18H,3-5,7H2,1-2H3. The number of thioether (sulfide) groups is 1. The van der Waals surface area contributed by atoms with Gasteiger partial charge in [0.05, 0.1) is 17.5 Å². The van der Waals surface area contributed by atoms with Crippen LogP contribution in [0, 0.1) is 0 Å². The number of halogens is 1. The second kappa shape index (κ2) is 5.85. The predicted octanol–water partition coefficient (Wildman–Crippen LogP) is 1.60. The van der Waals surface area contributed by atoms with E-state index in [1.165, 1.54) is 4.68 Å². The Balaban J connectivity index is 2.03. The van der Waals surface area contributed by atoms with Crippen molar-refractivity contribution in [3.8, 4) is 0 Å². The fourth-order valence-electron chi connectivity index (χ4n) is 2.12. The lowest BCUT2D eigenvalue weighted by Gasteiger charge is -2.45. The van der Waals surface area contributed by atoms with E-state index in [2.05, 4.69) is 33.3 Å². The van der Waals surface area contributed by atoms with Crippen LogP contribution in [0.3, 0.4) is 0 Å². The van der Waals surface area contributed by atoms with Gasteiger partial charge in [0, 0.05) is 18.8 Å². The fourth-order valence-corrected chi connectivity index (χ4v) is 3.82. The Bertz CT molecular complexity index is 522. The molecule has 19 heavy (non-hydrogen) atoms. The van der Waals surface area contributed by atoms with Crippen LogP contribution in [0.4, 0.5) is 5.69 Å². The highest BCUT2D eigenvalue weighted by molar-refractivity contribution is 9.10. The number of anilines is 1. The van der Waals surface area contributed by atoms with E-state index in [9.17, 15) is 9.90 Å². The molecule has 2 unspecified atom stereocenters. The van der Waals surface area contributed by atoms with Gasteiger partial charge >= 0.3 is 0 Å². The molecule has 0 spiro atoms. The molecule has 1 aromatic rings. The Hall–Kier alpha value is -0.530. The van der Waals surface area contributed by atoms with Crippen molar-refractivity contribution in [2.75, 3.05) is 17.6 Å². The van der Waals surface area contributed by atoms with Gasteiger partial charge in [0.15, 0.2) is 0 Å². The van der Waals surface area contributed by atoms with E-state index < -0.39 is 5.60 Å². The highest BCUT2D eigenvalue weighted by atomic mass is 79.9. The van der Waals surface area contributed by atoms with E-state index in [1.54, 1.807) is 25.0 Å².